The Balaban J connectivity index is 0.000000810. The second-order valence-electron chi connectivity index (χ2n) is 7.15. The van der Waals surface area contributed by atoms with Gasteiger partial charge in [-0.15, -0.1) is 24.8 Å². The van der Waals surface area contributed by atoms with Crippen LogP contribution in [0.4, 0.5) is 0 Å². The molecule has 0 saturated heterocycles. The first kappa shape index (κ1) is 16.6. The van der Waals surface area contributed by atoms with Gasteiger partial charge in [0.1, 0.15) is 0 Å². The van der Waals surface area contributed by atoms with Gasteiger partial charge in [-0.05, 0) is 75.8 Å². The Hall–Kier alpha value is 0.500. The fourth-order valence-corrected chi connectivity index (χ4v) is 5.22. The van der Waals surface area contributed by atoms with Gasteiger partial charge in [0.25, 0.3) is 0 Å². The Morgan fingerprint density at radius 1 is 1.00 bits per heavy atom. The van der Waals surface area contributed by atoms with E-state index in [1.54, 1.807) is 0 Å². The molecule has 0 aromatic heterocycles. The highest BCUT2D eigenvalue weighted by molar-refractivity contribution is 5.85. The van der Waals surface area contributed by atoms with Crippen molar-refractivity contribution in [3.63, 3.8) is 0 Å². The zero-order valence-corrected chi connectivity index (χ0v) is 13.2. The van der Waals surface area contributed by atoms with E-state index < -0.39 is 0 Å². The van der Waals surface area contributed by atoms with Crippen LogP contribution in [0.25, 0.3) is 0 Å². The molecule has 1 atom stereocenters. The van der Waals surface area contributed by atoms with Crippen LogP contribution in [0.3, 0.4) is 0 Å². The molecule has 0 heterocycles. The first-order chi connectivity index (χ1) is 7.57. The maximum absolute atomic E-state index is 6.53. The predicted octanol–water partition coefficient (Wildman–Crippen LogP) is 2.94. The molecular formula is C14H28Cl2N2. The van der Waals surface area contributed by atoms with Crippen LogP contribution < -0.4 is 5.73 Å². The molecule has 2 N–H and O–H groups in total. The number of hydrogen-bond acceptors (Lipinski definition) is 2. The standard InChI is InChI=1S/C14H26N2.2ClH/c1-16(2)9-13(15)14-6-10-3-11(7-14)5-12(4-10)8-14;;/h10-13H,3-9,15H2,1-2H3;2*1H/t10?,11?,12?,13-,14?;;/m1../s1. The third-order valence-electron chi connectivity index (χ3n) is 5.43. The van der Waals surface area contributed by atoms with Gasteiger partial charge in [0.05, 0.1) is 0 Å². The molecule has 18 heavy (non-hydrogen) atoms. The van der Waals surface area contributed by atoms with Crippen LogP contribution in [0.2, 0.25) is 0 Å². The highest BCUT2D eigenvalue weighted by atomic mass is 35.5. The quantitative estimate of drug-likeness (QED) is 0.867. The van der Waals surface area contributed by atoms with Crippen molar-refractivity contribution in [2.75, 3.05) is 20.6 Å². The van der Waals surface area contributed by atoms with Crippen molar-refractivity contribution in [2.24, 2.45) is 28.9 Å². The van der Waals surface area contributed by atoms with E-state index in [0.29, 0.717) is 11.5 Å². The zero-order chi connectivity index (χ0) is 11.3. The lowest BCUT2D eigenvalue weighted by Gasteiger charge is -2.59. The Bertz CT molecular complexity index is 246. The van der Waals surface area contributed by atoms with Crippen molar-refractivity contribution < 1.29 is 0 Å². The number of nitrogens with zero attached hydrogens (tertiary/aromatic N) is 1. The molecule has 4 aliphatic carbocycles. The van der Waals surface area contributed by atoms with Crippen LogP contribution >= 0.6 is 24.8 Å². The Kier molecular flexibility index (Phi) is 5.39. The molecule has 0 aliphatic heterocycles. The van der Waals surface area contributed by atoms with E-state index in [2.05, 4.69) is 19.0 Å². The van der Waals surface area contributed by atoms with Crippen LogP contribution in [-0.4, -0.2) is 31.6 Å². The van der Waals surface area contributed by atoms with Crippen molar-refractivity contribution in [1.29, 1.82) is 0 Å². The minimum absolute atomic E-state index is 0. The van der Waals surface area contributed by atoms with E-state index in [9.17, 15) is 0 Å². The third-order valence-corrected chi connectivity index (χ3v) is 5.43. The summed E-state index contributed by atoms with van der Waals surface area (Å²) in [6.07, 6.45) is 8.88. The van der Waals surface area contributed by atoms with Crippen molar-refractivity contribution in [3.8, 4) is 0 Å². The molecule has 4 rings (SSSR count). The maximum atomic E-state index is 6.53. The number of rotatable bonds is 3. The van der Waals surface area contributed by atoms with Crippen LogP contribution in [0.1, 0.15) is 38.5 Å². The molecule has 0 aromatic rings. The lowest BCUT2D eigenvalue weighted by Crippen LogP contribution is -2.57. The van der Waals surface area contributed by atoms with E-state index in [-0.39, 0.29) is 24.8 Å². The lowest BCUT2D eigenvalue weighted by molar-refractivity contribution is -0.0698. The first-order valence-electron chi connectivity index (χ1n) is 6.98. The summed E-state index contributed by atoms with van der Waals surface area (Å²) in [6.45, 7) is 1.08. The molecule has 0 amide bonds. The average molecular weight is 295 g/mol. The van der Waals surface area contributed by atoms with Crippen LogP contribution in [0.5, 0.6) is 0 Å². The van der Waals surface area contributed by atoms with E-state index in [0.717, 1.165) is 24.3 Å². The molecule has 4 fully saturated rings. The second-order valence-corrected chi connectivity index (χ2v) is 7.15. The van der Waals surface area contributed by atoms with Gasteiger partial charge >= 0.3 is 0 Å². The Labute approximate surface area is 124 Å². The Morgan fingerprint density at radius 2 is 1.39 bits per heavy atom. The van der Waals surface area contributed by atoms with E-state index in [1.807, 2.05) is 0 Å². The number of likely N-dealkylation sites (N-methyl/N-ethyl adjacent to an activating group) is 1. The van der Waals surface area contributed by atoms with Crippen molar-refractivity contribution in [2.45, 2.75) is 44.6 Å². The third kappa shape index (κ3) is 2.82. The predicted molar refractivity (Wildman–Crippen MR) is 81.6 cm³/mol. The van der Waals surface area contributed by atoms with Crippen molar-refractivity contribution in [1.82, 2.24) is 4.90 Å². The van der Waals surface area contributed by atoms with Crippen molar-refractivity contribution in [3.05, 3.63) is 0 Å². The summed E-state index contributed by atoms with van der Waals surface area (Å²) in [5.41, 5.74) is 7.06. The number of halogens is 2. The molecule has 0 radical (unpaired) electrons. The maximum Gasteiger partial charge on any atom is 0.0225 e. The van der Waals surface area contributed by atoms with Crippen LogP contribution in [0, 0.1) is 23.2 Å². The SMILES string of the molecule is CN(C)C[C@@H](N)C12CC3CC(CC(C3)C1)C2.Cl.Cl. The zero-order valence-electron chi connectivity index (χ0n) is 11.6. The van der Waals surface area contributed by atoms with Gasteiger partial charge in [-0.3, -0.25) is 0 Å². The molecular weight excluding hydrogens is 267 g/mol. The number of nitrogens with two attached hydrogens (primary N) is 1. The second kappa shape index (κ2) is 5.87. The van der Waals surface area contributed by atoms with E-state index in [1.165, 1.54) is 38.5 Å². The molecule has 4 bridgehead atoms. The van der Waals surface area contributed by atoms with Gasteiger partial charge in [0, 0.05) is 12.6 Å². The largest absolute Gasteiger partial charge is 0.326 e. The van der Waals surface area contributed by atoms with Gasteiger partial charge in [-0.25, -0.2) is 0 Å². The van der Waals surface area contributed by atoms with E-state index >= 15 is 0 Å². The monoisotopic (exact) mass is 294 g/mol. The van der Waals surface area contributed by atoms with Gasteiger partial charge in [-0.1, -0.05) is 0 Å². The van der Waals surface area contributed by atoms with Crippen LogP contribution in [-0.2, 0) is 0 Å². The normalized spacial score (nSPS) is 42.3. The summed E-state index contributed by atoms with van der Waals surface area (Å²) in [5.74, 6) is 3.08. The molecule has 0 aromatic carbocycles. The molecule has 4 saturated carbocycles. The lowest BCUT2D eigenvalue weighted by atomic mass is 9.48. The summed E-state index contributed by atoms with van der Waals surface area (Å²) in [7, 11) is 4.31. The highest BCUT2D eigenvalue weighted by Crippen LogP contribution is 2.60. The van der Waals surface area contributed by atoms with E-state index in [4.69, 9.17) is 5.73 Å². The summed E-state index contributed by atoms with van der Waals surface area (Å²) in [4.78, 5) is 2.27. The van der Waals surface area contributed by atoms with Gasteiger partial charge in [0.15, 0.2) is 0 Å². The summed E-state index contributed by atoms with van der Waals surface area (Å²) in [6, 6.07) is 0.413. The van der Waals surface area contributed by atoms with Crippen molar-refractivity contribution >= 4 is 24.8 Å². The number of hydrogen-bond donors (Lipinski definition) is 1. The average Bonchev–Trinajstić information content (AvgIpc) is 2.13. The van der Waals surface area contributed by atoms with Crippen LogP contribution in [0.15, 0.2) is 0 Å². The van der Waals surface area contributed by atoms with Gasteiger partial charge in [-0.2, -0.15) is 0 Å². The molecule has 2 nitrogen and oxygen atoms in total. The minimum Gasteiger partial charge on any atom is -0.326 e. The molecule has 4 aliphatic rings. The minimum atomic E-state index is 0. The van der Waals surface area contributed by atoms with Gasteiger partial charge in [0.2, 0.25) is 0 Å². The smallest absolute Gasteiger partial charge is 0.0225 e. The fraction of sp³-hybridized carbons (Fsp3) is 1.00. The fourth-order valence-electron chi connectivity index (χ4n) is 5.22. The highest BCUT2D eigenvalue weighted by Gasteiger charge is 2.53. The molecule has 108 valence electrons. The Morgan fingerprint density at radius 3 is 1.72 bits per heavy atom. The molecule has 0 unspecified atom stereocenters. The summed E-state index contributed by atoms with van der Waals surface area (Å²) >= 11 is 0. The summed E-state index contributed by atoms with van der Waals surface area (Å²) in [5, 5.41) is 0. The van der Waals surface area contributed by atoms with Gasteiger partial charge < -0.3 is 10.6 Å². The summed E-state index contributed by atoms with van der Waals surface area (Å²) < 4.78 is 0. The molecule has 0 spiro atoms. The topological polar surface area (TPSA) is 29.3 Å². The first-order valence-corrected chi connectivity index (χ1v) is 6.98. The molecule has 4 heteroatoms.